The zero-order valence-electron chi connectivity index (χ0n) is 7.70. The second kappa shape index (κ2) is 5.68. The fraction of sp³-hybridized carbons (Fsp3) is 0.400. The quantitative estimate of drug-likeness (QED) is 0.643. The van der Waals surface area contributed by atoms with E-state index in [1.54, 1.807) is 0 Å². The standard InChI is InChI=1S/C10H14BrNS/c1-12(8-13)7-6-9-4-2-3-5-10(9)11/h2-5,13H,6-8H2,1H3. The highest BCUT2D eigenvalue weighted by atomic mass is 79.9. The van der Waals surface area contributed by atoms with Gasteiger partial charge in [-0.25, -0.2) is 0 Å². The van der Waals surface area contributed by atoms with Gasteiger partial charge in [-0.15, -0.1) is 0 Å². The van der Waals surface area contributed by atoms with E-state index in [-0.39, 0.29) is 0 Å². The molecule has 0 radical (unpaired) electrons. The highest BCUT2D eigenvalue weighted by molar-refractivity contribution is 9.10. The van der Waals surface area contributed by atoms with E-state index < -0.39 is 0 Å². The summed E-state index contributed by atoms with van der Waals surface area (Å²) in [6.45, 7) is 1.05. The van der Waals surface area contributed by atoms with Crippen molar-refractivity contribution >= 4 is 28.6 Å². The molecular formula is C10H14BrNS. The zero-order chi connectivity index (χ0) is 9.68. The van der Waals surface area contributed by atoms with Gasteiger partial charge in [0.05, 0.1) is 0 Å². The Balaban J connectivity index is 2.50. The largest absolute Gasteiger partial charge is 0.297 e. The average molecular weight is 260 g/mol. The molecule has 13 heavy (non-hydrogen) atoms. The van der Waals surface area contributed by atoms with Gasteiger partial charge < -0.3 is 0 Å². The summed E-state index contributed by atoms with van der Waals surface area (Å²) in [5.41, 5.74) is 1.36. The van der Waals surface area contributed by atoms with Crippen molar-refractivity contribution in [2.24, 2.45) is 0 Å². The summed E-state index contributed by atoms with van der Waals surface area (Å²) >= 11 is 7.73. The molecule has 1 nitrogen and oxygen atoms in total. The third kappa shape index (κ3) is 3.71. The van der Waals surface area contributed by atoms with Crippen LogP contribution < -0.4 is 0 Å². The molecule has 0 spiro atoms. The molecule has 0 unspecified atom stereocenters. The van der Waals surface area contributed by atoms with E-state index in [1.807, 2.05) is 6.07 Å². The molecule has 0 atom stereocenters. The van der Waals surface area contributed by atoms with Crippen molar-refractivity contribution < 1.29 is 0 Å². The topological polar surface area (TPSA) is 3.24 Å². The van der Waals surface area contributed by atoms with E-state index in [4.69, 9.17) is 0 Å². The normalized spacial score (nSPS) is 10.8. The molecular weight excluding hydrogens is 246 g/mol. The van der Waals surface area contributed by atoms with Gasteiger partial charge in [0.15, 0.2) is 0 Å². The number of likely N-dealkylation sites (N-methyl/N-ethyl adjacent to an activating group) is 1. The third-order valence-corrected chi connectivity index (χ3v) is 3.22. The Labute approximate surface area is 93.7 Å². The number of benzene rings is 1. The van der Waals surface area contributed by atoms with Gasteiger partial charge in [-0.05, 0) is 25.1 Å². The van der Waals surface area contributed by atoms with E-state index in [2.05, 4.69) is 58.7 Å². The first-order valence-electron chi connectivity index (χ1n) is 4.27. The first-order chi connectivity index (χ1) is 6.24. The van der Waals surface area contributed by atoms with Crippen LogP contribution in [0.4, 0.5) is 0 Å². The SMILES string of the molecule is CN(CS)CCc1ccccc1Br. The number of halogens is 1. The fourth-order valence-electron chi connectivity index (χ4n) is 1.08. The number of nitrogens with zero attached hydrogens (tertiary/aromatic N) is 1. The Kier molecular flexibility index (Phi) is 4.84. The first kappa shape index (κ1) is 11.1. The van der Waals surface area contributed by atoms with Gasteiger partial charge in [-0.1, -0.05) is 34.1 Å². The van der Waals surface area contributed by atoms with E-state index >= 15 is 0 Å². The van der Waals surface area contributed by atoms with Crippen LogP contribution in [0.25, 0.3) is 0 Å². The summed E-state index contributed by atoms with van der Waals surface area (Å²) < 4.78 is 1.20. The fourth-order valence-corrected chi connectivity index (χ4v) is 1.71. The summed E-state index contributed by atoms with van der Waals surface area (Å²) in [6, 6.07) is 8.34. The molecule has 3 heteroatoms. The second-order valence-electron chi connectivity index (χ2n) is 3.06. The zero-order valence-corrected chi connectivity index (χ0v) is 10.2. The molecule has 1 rings (SSSR count). The maximum Gasteiger partial charge on any atom is 0.0411 e. The van der Waals surface area contributed by atoms with Crippen molar-refractivity contribution in [3.8, 4) is 0 Å². The summed E-state index contributed by atoms with van der Waals surface area (Å²) in [7, 11) is 2.07. The predicted octanol–water partition coefficient (Wildman–Crippen LogP) is 2.81. The summed E-state index contributed by atoms with van der Waals surface area (Å²) in [5.74, 6) is 0.810. The molecule has 0 saturated heterocycles. The monoisotopic (exact) mass is 259 g/mol. The molecule has 0 amide bonds. The lowest BCUT2D eigenvalue weighted by Crippen LogP contribution is -2.19. The van der Waals surface area contributed by atoms with Crippen molar-refractivity contribution in [1.82, 2.24) is 4.90 Å². The highest BCUT2D eigenvalue weighted by Crippen LogP contribution is 2.16. The van der Waals surface area contributed by atoms with Gasteiger partial charge in [-0.2, -0.15) is 12.6 Å². The average Bonchev–Trinajstić information content (AvgIpc) is 2.16. The molecule has 0 aromatic heterocycles. The van der Waals surface area contributed by atoms with Crippen molar-refractivity contribution in [3.63, 3.8) is 0 Å². The van der Waals surface area contributed by atoms with Crippen molar-refractivity contribution in [2.45, 2.75) is 6.42 Å². The Hall–Kier alpha value is 0.01000. The molecule has 72 valence electrons. The number of rotatable bonds is 4. The van der Waals surface area contributed by atoms with Crippen molar-refractivity contribution in [1.29, 1.82) is 0 Å². The number of thiol groups is 1. The van der Waals surface area contributed by atoms with Crippen LogP contribution in [0.3, 0.4) is 0 Å². The highest BCUT2D eigenvalue weighted by Gasteiger charge is 1.99. The number of hydrogen-bond donors (Lipinski definition) is 1. The molecule has 0 aliphatic heterocycles. The molecule has 0 aliphatic rings. The Morgan fingerprint density at radius 1 is 1.38 bits per heavy atom. The number of hydrogen-bond acceptors (Lipinski definition) is 2. The molecule has 0 aliphatic carbocycles. The van der Waals surface area contributed by atoms with E-state index in [9.17, 15) is 0 Å². The van der Waals surface area contributed by atoms with Crippen LogP contribution in [0.1, 0.15) is 5.56 Å². The van der Waals surface area contributed by atoms with Gasteiger partial charge >= 0.3 is 0 Å². The third-order valence-electron chi connectivity index (χ3n) is 1.96. The van der Waals surface area contributed by atoms with E-state index in [1.165, 1.54) is 10.0 Å². The van der Waals surface area contributed by atoms with Crippen LogP contribution in [0, 0.1) is 0 Å². The maximum absolute atomic E-state index is 4.20. The Morgan fingerprint density at radius 3 is 2.69 bits per heavy atom. The molecule has 0 bridgehead atoms. The second-order valence-corrected chi connectivity index (χ2v) is 4.20. The van der Waals surface area contributed by atoms with Crippen LogP contribution >= 0.6 is 28.6 Å². The molecule has 1 aromatic rings. The van der Waals surface area contributed by atoms with Crippen LogP contribution in [-0.2, 0) is 6.42 Å². The lowest BCUT2D eigenvalue weighted by molar-refractivity contribution is 0.399. The maximum atomic E-state index is 4.20. The van der Waals surface area contributed by atoms with Crippen LogP contribution in [0.2, 0.25) is 0 Å². The Morgan fingerprint density at radius 2 is 2.08 bits per heavy atom. The molecule has 0 saturated carbocycles. The van der Waals surface area contributed by atoms with Gasteiger partial charge in [0.1, 0.15) is 0 Å². The van der Waals surface area contributed by atoms with Crippen molar-refractivity contribution in [2.75, 3.05) is 19.5 Å². The summed E-state index contributed by atoms with van der Waals surface area (Å²) in [6.07, 6.45) is 1.07. The minimum Gasteiger partial charge on any atom is -0.297 e. The van der Waals surface area contributed by atoms with Crippen LogP contribution in [0.5, 0.6) is 0 Å². The summed E-state index contributed by atoms with van der Waals surface area (Å²) in [5, 5.41) is 0. The first-order valence-corrected chi connectivity index (χ1v) is 5.69. The Bertz CT molecular complexity index is 265. The lowest BCUT2D eigenvalue weighted by Gasteiger charge is -2.13. The van der Waals surface area contributed by atoms with Crippen LogP contribution in [-0.4, -0.2) is 24.4 Å². The van der Waals surface area contributed by atoms with Crippen LogP contribution in [0.15, 0.2) is 28.7 Å². The predicted molar refractivity (Wildman–Crippen MR) is 64.3 cm³/mol. The molecule has 0 N–H and O–H groups in total. The van der Waals surface area contributed by atoms with Gasteiger partial charge in [0, 0.05) is 16.9 Å². The van der Waals surface area contributed by atoms with Gasteiger partial charge in [0.2, 0.25) is 0 Å². The van der Waals surface area contributed by atoms with Gasteiger partial charge in [0.25, 0.3) is 0 Å². The minimum absolute atomic E-state index is 0.810. The van der Waals surface area contributed by atoms with Gasteiger partial charge in [-0.3, -0.25) is 4.90 Å². The molecule has 1 aromatic carbocycles. The lowest BCUT2D eigenvalue weighted by atomic mass is 10.1. The summed E-state index contributed by atoms with van der Waals surface area (Å²) in [4.78, 5) is 2.18. The van der Waals surface area contributed by atoms with E-state index in [0.29, 0.717) is 0 Å². The molecule has 0 heterocycles. The van der Waals surface area contributed by atoms with E-state index in [0.717, 1.165) is 18.8 Å². The smallest absolute Gasteiger partial charge is 0.0411 e. The minimum atomic E-state index is 0.810. The van der Waals surface area contributed by atoms with Crippen molar-refractivity contribution in [3.05, 3.63) is 34.3 Å². The molecule has 0 fully saturated rings.